The molecule has 0 aromatic carbocycles. The van der Waals surface area contributed by atoms with E-state index < -0.39 is 17.1 Å². The van der Waals surface area contributed by atoms with Crippen LogP contribution in [0.4, 0.5) is 10.2 Å². The summed E-state index contributed by atoms with van der Waals surface area (Å²) in [5.74, 6) is -0.158. The fourth-order valence-corrected chi connectivity index (χ4v) is 3.85. The Morgan fingerprint density at radius 1 is 1.40 bits per heavy atom. The van der Waals surface area contributed by atoms with Crippen molar-refractivity contribution in [3.8, 4) is 0 Å². The van der Waals surface area contributed by atoms with Crippen LogP contribution in [-0.2, 0) is 20.7 Å². The summed E-state index contributed by atoms with van der Waals surface area (Å²) in [7, 11) is 0. The molecule has 4 heterocycles. The zero-order valence-electron chi connectivity index (χ0n) is 14.3. The zero-order valence-corrected chi connectivity index (χ0v) is 14.3. The molecule has 1 spiro atoms. The molecule has 8 heteroatoms. The van der Waals surface area contributed by atoms with Gasteiger partial charge in [0, 0.05) is 12.7 Å². The van der Waals surface area contributed by atoms with Gasteiger partial charge in [-0.1, -0.05) is 6.92 Å². The van der Waals surface area contributed by atoms with Crippen LogP contribution >= 0.6 is 0 Å². The molecule has 2 aliphatic heterocycles. The molecule has 0 aliphatic carbocycles. The Labute approximate surface area is 144 Å². The maximum Gasteiger partial charge on any atom is 0.346 e. The third kappa shape index (κ3) is 2.16. The molecule has 25 heavy (non-hydrogen) atoms. The summed E-state index contributed by atoms with van der Waals surface area (Å²) < 4.78 is 26.1. The number of anilines is 1. The molecule has 1 unspecified atom stereocenters. The van der Waals surface area contributed by atoms with Crippen LogP contribution in [0.1, 0.15) is 19.4 Å². The predicted octanol–water partition coefficient (Wildman–Crippen LogP) is 1.63. The zero-order chi connectivity index (χ0) is 17.7. The Hall–Kier alpha value is -2.22. The Morgan fingerprint density at radius 2 is 2.20 bits per heavy atom. The molecule has 0 saturated carbocycles. The molecule has 0 radical (unpaired) electrons. The topological polar surface area (TPSA) is 80.3 Å². The lowest BCUT2D eigenvalue weighted by Crippen LogP contribution is -2.61. The number of hydrogen-bond donors (Lipinski definition) is 1. The molecule has 1 N–H and O–H groups in total. The fourth-order valence-electron chi connectivity index (χ4n) is 3.85. The van der Waals surface area contributed by atoms with E-state index in [9.17, 15) is 4.79 Å². The number of carbonyl (C=O) groups excluding carboxylic acids is 1. The largest absolute Gasteiger partial charge is 0.464 e. The molecule has 2 aliphatic rings. The molecule has 1 atom stereocenters. The third-order valence-corrected chi connectivity index (χ3v) is 5.31. The number of ether oxygens (including phenoxy) is 2. The highest BCUT2D eigenvalue weighted by Gasteiger charge is 2.68. The number of nitrogens with one attached hydrogen (secondary N) is 1. The molecule has 7 nitrogen and oxygen atoms in total. The summed E-state index contributed by atoms with van der Waals surface area (Å²) >= 11 is 0. The highest BCUT2D eigenvalue weighted by molar-refractivity contribution is 5.92. The number of fused-ring (bicyclic) bond motifs is 1. The number of aromatic amines is 1. The van der Waals surface area contributed by atoms with Crippen molar-refractivity contribution in [3.05, 3.63) is 18.1 Å². The number of rotatable bonds is 4. The lowest BCUT2D eigenvalue weighted by atomic mass is 9.74. The van der Waals surface area contributed by atoms with Gasteiger partial charge in [-0.3, -0.25) is 0 Å². The van der Waals surface area contributed by atoms with Crippen molar-refractivity contribution in [2.24, 2.45) is 5.41 Å². The van der Waals surface area contributed by atoms with Crippen molar-refractivity contribution in [1.82, 2.24) is 15.0 Å². The number of esters is 1. The van der Waals surface area contributed by atoms with Gasteiger partial charge in [-0.25, -0.2) is 19.2 Å². The molecule has 2 saturated heterocycles. The van der Waals surface area contributed by atoms with Crippen molar-refractivity contribution in [2.75, 3.05) is 37.8 Å². The van der Waals surface area contributed by atoms with E-state index in [1.165, 1.54) is 6.33 Å². The second-order valence-corrected chi connectivity index (χ2v) is 6.74. The lowest BCUT2D eigenvalue weighted by molar-refractivity contribution is -0.196. The fraction of sp³-hybridized carbons (Fsp3) is 0.588. The Balaban J connectivity index is 1.76. The number of halogens is 1. The monoisotopic (exact) mass is 348 g/mol. The molecule has 4 rings (SSSR count). The van der Waals surface area contributed by atoms with Gasteiger partial charge in [0.2, 0.25) is 5.67 Å². The van der Waals surface area contributed by atoms with Crippen molar-refractivity contribution in [2.45, 2.75) is 25.9 Å². The molecule has 0 bridgehead atoms. The normalized spacial score (nSPS) is 24.7. The second kappa shape index (κ2) is 5.66. The van der Waals surface area contributed by atoms with Crippen LogP contribution in [0.3, 0.4) is 0 Å². The summed E-state index contributed by atoms with van der Waals surface area (Å²) in [5, 5.41) is 0.883. The summed E-state index contributed by atoms with van der Waals surface area (Å²) in [6.07, 6.45) is 4.16. The maximum absolute atomic E-state index is 15.8. The van der Waals surface area contributed by atoms with Gasteiger partial charge in [0.05, 0.1) is 37.2 Å². The van der Waals surface area contributed by atoms with Crippen molar-refractivity contribution in [1.29, 1.82) is 0 Å². The molecular formula is C17H21FN4O3. The van der Waals surface area contributed by atoms with Gasteiger partial charge < -0.3 is 19.4 Å². The van der Waals surface area contributed by atoms with Crippen molar-refractivity contribution < 1.29 is 18.7 Å². The van der Waals surface area contributed by atoms with Gasteiger partial charge in [-0.15, -0.1) is 0 Å². The average Bonchev–Trinajstić information content (AvgIpc) is 3.14. The summed E-state index contributed by atoms with van der Waals surface area (Å²) in [5.41, 5.74) is -1.19. The van der Waals surface area contributed by atoms with Gasteiger partial charge >= 0.3 is 5.97 Å². The van der Waals surface area contributed by atoms with E-state index in [1.807, 2.05) is 18.0 Å². The van der Waals surface area contributed by atoms with Crippen LogP contribution in [-0.4, -0.2) is 59.5 Å². The molecular weight excluding hydrogens is 327 g/mol. The van der Waals surface area contributed by atoms with E-state index in [4.69, 9.17) is 9.47 Å². The minimum atomic E-state index is -2.10. The van der Waals surface area contributed by atoms with Gasteiger partial charge in [-0.2, -0.15) is 0 Å². The number of alkyl halides is 1. The van der Waals surface area contributed by atoms with E-state index >= 15 is 4.39 Å². The number of H-pyrrole nitrogens is 1. The minimum absolute atomic E-state index is 0.0877. The number of carbonyl (C=O) groups is 1. The third-order valence-electron chi connectivity index (χ3n) is 5.31. The summed E-state index contributed by atoms with van der Waals surface area (Å²) in [6.45, 7) is 4.57. The van der Waals surface area contributed by atoms with Crippen LogP contribution in [0.15, 0.2) is 12.5 Å². The van der Waals surface area contributed by atoms with Crippen LogP contribution in [0.25, 0.3) is 11.0 Å². The van der Waals surface area contributed by atoms with Gasteiger partial charge in [0.15, 0.2) is 0 Å². The summed E-state index contributed by atoms with van der Waals surface area (Å²) in [6, 6.07) is 0. The van der Waals surface area contributed by atoms with Gasteiger partial charge in [-0.05, 0) is 18.9 Å². The van der Waals surface area contributed by atoms with E-state index in [0.29, 0.717) is 18.0 Å². The maximum atomic E-state index is 15.8. The van der Waals surface area contributed by atoms with E-state index in [0.717, 1.165) is 17.4 Å². The highest BCUT2D eigenvalue weighted by Crippen LogP contribution is 2.50. The van der Waals surface area contributed by atoms with Crippen molar-refractivity contribution >= 4 is 22.8 Å². The molecule has 2 fully saturated rings. The number of aryl methyl sites for hydroxylation is 1. The summed E-state index contributed by atoms with van der Waals surface area (Å²) in [4.78, 5) is 26.0. The van der Waals surface area contributed by atoms with Gasteiger partial charge in [0.25, 0.3) is 0 Å². The predicted molar refractivity (Wildman–Crippen MR) is 89.2 cm³/mol. The number of hydrogen-bond acceptors (Lipinski definition) is 6. The molecule has 2 aromatic rings. The Bertz CT molecular complexity index is 819. The standard InChI is InChI=1S/C17H21FN4O3/c1-3-11-5-19-13-12(11)14(21-10-20-13)22-6-16(8-24-9-16)17(18,7-22)15(23)25-4-2/h5,10H,3-4,6-9H2,1-2H3,(H,19,20,21). The lowest BCUT2D eigenvalue weighted by Gasteiger charge is -2.43. The first-order chi connectivity index (χ1) is 12.0. The molecule has 0 amide bonds. The van der Waals surface area contributed by atoms with Crippen molar-refractivity contribution in [3.63, 3.8) is 0 Å². The van der Waals surface area contributed by atoms with Gasteiger partial charge in [0.1, 0.15) is 17.8 Å². The highest BCUT2D eigenvalue weighted by atomic mass is 19.1. The van der Waals surface area contributed by atoms with E-state index in [1.54, 1.807) is 6.92 Å². The van der Waals surface area contributed by atoms with Crippen LogP contribution in [0.2, 0.25) is 0 Å². The first kappa shape index (κ1) is 16.3. The second-order valence-electron chi connectivity index (χ2n) is 6.74. The smallest absolute Gasteiger partial charge is 0.346 e. The first-order valence-electron chi connectivity index (χ1n) is 8.54. The van der Waals surface area contributed by atoms with Crippen LogP contribution < -0.4 is 4.90 Å². The first-order valence-corrected chi connectivity index (χ1v) is 8.54. The number of nitrogens with zero attached hydrogens (tertiary/aromatic N) is 3. The molecule has 2 aromatic heterocycles. The van der Waals surface area contributed by atoms with E-state index in [-0.39, 0.29) is 26.4 Å². The Morgan fingerprint density at radius 3 is 2.84 bits per heavy atom. The van der Waals surface area contributed by atoms with Crippen LogP contribution in [0.5, 0.6) is 0 Å². The number of aromatic nitrogens is 3. The average molecular weight is 348 g/mol. The Kier molecular flexibility index (Phi) is 3.68. The SMILES string of the molecule is CCOC(=O)C1(F)CN(c2ncnc3[nH]cc(CC)c23)CC12COC2. The quantitative estimate of drug-likeness (QED) is 0.846. The van der Waals surface area contributed by atoms with E-state index in [2.05, 4.69) is 15.0 Å². The minimum Gasteiger partial charge on any atom is -0.464 e. The van der Waals surface area contributed by atoms with Crippen LogP contribution in [0, 0.1) is 5.41 Å². The molecule has 134 valence electrons.